The van der Waals surface area contributed by atoms with Crippen LogP contribution in [0.3, 0.4) is 0 Å². The van der Waals surface area contributed by atoms with Crippen LogP contribution < -0.4 is 5.06 Å². The molecule has 0 radical (unpaired) electrons. The van der Waals surface area contributed by atoms with Crippen molar-refractivity contribution in [2.75, 3.05) is 25.8 Å². The second-order valence-electron chi connectivity index (χ2n) is 4.20. The van der Waals surface area contributed by atoms with E-state index in [4.69, 9.17) is 9.94 Å². The summed E-state index contributed by atoms with van der Waals surface area (Å²) in [4.78, 5) is 18.0. The Bertz CT molecular complexity index is 434. The normalized spacial score (nSPS) is 15.4. The number of hydrogen-bond acceptors (Lipinski definition) is 3. The van der Waals surface area contributed by atoms with Gasteiger partial charge >= 0.3 is 6.09 Å². The van der Waals surface area contributed by atoms with Gasteiger partial charge < -0.3 is 10.0 Å². The molecule has 0 saturated heterocycles. The van der Waals surface area contributed by atoms with E-state index in [0.717, 1.165) is 24.6 Å². The lowest BCUT2D eigenvalue weighted by atomic mass is 9.99. The average molecular weight is 236 g/mol. The molecular weight excluding hydrogens is 220 g/mol. The molecule has 1 N–H and O–H groups in total. The lowest BCUT2D eigenvalue weighted by Crippen LogP contribution is -2.29. The zero-order valence-electron chi connectivity index (χ0n) is 10.0. The van der Waals surface area contributed by atoms with Crippen molar-refractivity contribution in [2.24, 2.45) is 0 Å². The Morgan fingerprint density at radius 1 is 1.47 bits per heavy atom. The second-order valence-corrected chi connectivity index (χ2v) is 4.20. The number of amides is 1. The lowest BCUT2D eigenvalue weighted by molar-refractivity contribution is 0.130. The number of carboxylic acid groups (broad SMARTS) is 1. The fourth-order valence-electron chi connectivity index (χ4n) is 2.10. The molecule has 5 heteroatoms. The lowest BCUT2D eigenvalue weighted by Gasteiger charge is -2.26. The van der Waals surface area contributed by atoms with Crippen LogP contribution in [0.15, 0.2) is 18.2 Å². The summed E-state index contributed by atoms with van der Waals surface area (Å²) in [6, 6.07) is 5.64. The summed E-state index contributed by atoms with van der Waals surface area (Å²) in [5, 5.41) is 9.84. The molecule has 1 aliphatic rings. The molecule has 1 amide bonds. The first-order valence-corrected chi connectivity index (χ1v) is 5.49. The van der Waals surface area contributed by atoms with E-state index in [0.29, 0.717) is 5.69 Å². The summed E-state index contributed by atoms with van der Waals surface area (Å²) in [6.07, 6.45) is -0.108. The number of carbonyl (C=O) groups is 1. The van der Waals surface area contributed by atoms with E-state index < -0.39 is 6.09 Å². The Balaban J connectivity index is 2.32. The van der Waals surface area contributed by atoms with Crippen LogP contribution in [0.4, 0.5) is 10.5 Å². The summed E-state index contributed by atoms with van der Waals surface area (Å²) < 4.78 is 0. The van der Waals surface area contributed by atoms with E-state index in [1.54, 1.807) is 6.07 Å². The van der Waals surface area contributed by atoms with Gasteiger partial charge in [-0.25, -0.2) is 4.79 Å². The first-order chi connectivity index (χ1) is 8.11. The molecule has 17 heavy (non-hydrogen) atoms. The highest BCUT2D eigenvalue weighted by Crippen LogP contribution is 2.24. The highest BCUT2D eigenvalue weighted by Gasteiger charge is 2.18. The van der Waals surface area contributed by atoms with Crippen molar-refractivity contribution in [1.82, 2.24) is 4.90 Å². The molecule has 0 aliphatic carbocycles. The van der Waals surface area contributed by atoms with E-state index >= 15 is 0 Å². The molecule has 92 valence electrons. The fourth-order valence-corrected chi connectivity index (χ4v) is 2.10. The molecule has 1 aliphatic heterocycles. The molecule has 0 aromatic heterocycles. The van der Waals surface area contributed by atoms with E-state index in [1.165, 1.54) is 18.2 Å². The van der Waals surface area contributed by atoms with E-state index in [1.807, 2.05) is 12.1 Å². The zero-order valence-corrected chi connectivity index (χ0v) is 10.0. The standard InChI is InChI=1S/C12H16N2O3/c1-13-6-5-9-3-4-11(7-10(9)8-13)14(17-2)12(15)16/h3-4,7H,5-6,8H2,1-2H3,(H,15,16). The molecule has 0 spiro atoms. The third-order valence-corrected chi connectivity index (χ3v) is 2.98. The summed E-state index contributed by atoms with van der Waals surface area (Å²) in [7, 11) is 3.40. The molecule has 0 saturated carbocycles. The number of fused-ring (bicyclic) bond motifs is 1. The number of nitrogens with zero attached hydrogens (tertiary/aromatic N) is 2. The van der Waals surface area contributed by atoms with Crippen LogP contribution in [-0.2, 0) is 17.8 Å². The van der Waals surface area contributed by atoms with Crippen LogP contribution >= 0.6 is 0 Å². The third kappa shape index (κ3) is 2.40. The maximum atomic E-state index is 11.0. The van der Waals surface area contributed by atoms with Gasteiger partial charge in [-0.05, 0) is 36.7 Å². The third-order valence-electron chi connectivity index (χ3n) is 2.98. The van der Waals surface area contributed by atoms with Crippen molar-refractivity contribution in [2.45, 2.75) is 13.0 Å². The monoisotopic (exact) mass is 236 g/mol. The summed E-state index contributed by atoms with van der Waals surface area (Å²) in [6.45, 7) is 1.89. The van der Waals surface area contributed by atoms with Crippen molar-refractivity contribution in [1.29, 1.82) is 0 Å². The van der Waals surface area contributed by atoms with Crippen molar-refractivity contribution in [3.63, 3.8) is 0 Å². The maximum absolute atomic E-state index is 11.0. The van der Waals surface area contributed by atoms with Gasteiger partial charge in [-0.15, -0.1) is 0 Å². The van der Waals surface area contributed by atoms with E-state index in [9.17, 15) is 4.79 Å². The molecule has 2 rings (SSSR count). The Morgan fingerprint density at radius 3 is 2.88 bits per heavy atom. The van der Waals surface area contributed by atoms with Crippen LogP contribution in [0.2, 0.25) is 0 Å². The van der Waals surface area contributed by atoms with Gasteiger partial charge in [0.15, 0.2) is 0 Å². The number of hydrogen-bond donors (Lipinski definition) is 1. The molecule has 0 bridgehead atoms. The minimum absolute atomic E-state index is 0.550. The first kappa shape index (κ1) is 11.9. The molecule has 0 atom stereocenters. The van der Waals surface area contributed by atoms with Crippen molar-refractivity contribution < 1.29 is 14.7 Å². The van der Waals surface area contributed by atoms with Gasteiger partial charge in [-0.3, -0.25) is 4.84 Å². The Hall–Kier alpha value is -1.59. The predicted molar refractivity (Wildman–Crippen MR) is 64.0 cm³/mol. The summed E-state index contributed by atoms with van der Waals surface area (Å²) in [5.41, 5.74) is 3.00. The van der Waals surface area contributed by atoms with E-state index in [2.05, 4.69) is 11.9 Å². The Morgan fingerprint density at radius 2 is 2.24 bits per heavy atom. The Labute approximate surface area is 100 Å². The molecule has 5 nitrogen and oxygen atoms in total. The quantitative estimate of drug-likeness (QED) is 0.794. The zero-order chi connectivity index (χ0) is 12.4. The minimum atomic E-state index is -1.11. The van der Waals surface area contributed by atoms with Crippen LogP contribution in [0.5, 0.6) is 0 Å². The number of anilines is 1. The molecule has 0 fully saturated rings. The molecule has 1 heterocycles. The van der Waals surface area contributed by atoms with Gasteiger partial charge in [0, 0.05) is 13.1 Å². The number of hydroxylamine groups is 1. The first-order valence-electron chi connectivity index (χ1n) is 5.49. The Kier molecular flexibility index (Phi) is 3.31. The average Bonchev–Trinajstić information content (AvgIpc) is 2.29. The molecule has 1 aromatic carbocycles. The van der Waals surface area contributed by atoms with Crippen molar-refractivity contribution in [3.8, 4) is 0 Å². The van der Waals surface area contributed by atoms with Gasteiger partial charge in [-0.2, -0.15) is 5.06 Å². The molecule has 0 unspecified atom stereocenters. The van der Waals surface area contributed by atoms with Crippen molar-refractivity contribution >= 4 is 11.8 Å². The maximum Gasteiger partial charge on any atom is 0.436 e. The topological polar surface area (TPSA) is 53.0 Å². The largest absolute Gasteiger partial charge is 0.463 e. The fraction of sp³-hybridized carbons (Fsp3) is 0.417. The van der Waals surface area contributed by atoms with Gasteiger partial charge in [0.2, 0.25) is 0 Å². The van der Waals surface area contributed by atoms with Crippen LogP contribution in [0, 0.1) is 0 Å². The van der Waals surface area contributed by atoms with Crippen LogP contribution in [0.1, 0.15) is 11.1 Å². The summed E-state index contributed by atoms with van der Waals surface area (Å²) >= 11 is 0. The SMILES string of the molecule is CON(C(=O)O)c1ccc2c(c1)CN(C)CC2. The number of rotatable bonds is 2. The summed E-state index contributed by atoms with van der Waals surface area (Å²) in [5.74, 6) is 0. The minimum Gasteiger partial charge on any atom is -0.463 e. The molecule has 1 aromatic rings. The number of likely N-dealkylation sites (N-methyl/N-ethyl adjacent to an activating group) is 1. The van der Waals surface area contributed by atoms with Crippen molar-refractivity contribution in [3.05, 3.63) is 29.3 Å². The smallest absolute Gasteiger partial charge is 0.436 e. The van der Waals surface area contributed by atoms with Crippen LogP contribution in [-0.4, -0.2) is 36.8 Å². The highest BCUT2D eigenvalue weighted by molar-refractivity contribution is 5.83. The van der Waals surface area contributed by atoms with Gasteiger partial charge in [-0.1, -0.05) is 6.07 Å². The van der Waals surface area contributed by atoms with Crippen LogP contribution in [0.25, 0.3) is 0 Å². The van der Waals surface area contributed by atoms with Gasteiger partial charge in [0.25, 0.3) is 0 Å². The predicted octanol–water partition coefficient (Wildman–Crippen LogP) is 1.72. The van der Waals surface area contributed by atoms with E-state index in [-0.39, 0.29) is 0 Å². The number of benzene rings is 1. The van der Waals surface area contributed by atoms with Gasteiger partial charge in [0.1, 0.15) is 0 Å². The molecular formula is C12H16N2O3. The second kappa shape index (κ2) is 4.73. The highest BCUT2D eigenvalue weighted by atomic mass is 16.7. The van der Waals surface area contributed by atoms with Gasteiger partial charge in [0.05, 0.1) is 12.8 Å².